The highest BCUT2D eigenvalue weighted by Crippen LogP contribution is 2.24. The van der Waals surface area contributed by atoms with Gasteiger partial charge in [0.05, 0.1) is 15.9 Å². The molecule has 0 radical (unpaired) electrons. The monoisotopic (exact) mass is 449 g/mol. The third-order valence-corrected chi connectivity index (χ3v) is 7.30. The zero-order valence-corrected chi connectivity index (χ0v) is 19.2. The number of fused-ring (bicyclic) bond motifs is 1. The number of hydrogen-bond donors (Lipinski definition) is 2. The number of carbonyl (C=O) groups is 2. The fourth-order valence-corrected chi connectivity index (χ4v) is 5.25. The average Bonchev–Trinajstić information content (AvgIpc) is 3.06. The Balaban J connectivity index is 1.67. The second-order valence-electron chi connectivity index (χ2n) is 8.40. The van der Waals surface area contributed by atoms with E-state index >= 15 is 0 Å². The number of sulfonamides is 1. The summed E-state index contributed by atoms with van der Waals surface area (Å²) in [5.74, 6) is 0.345. The zero-order chi connectivity index (χ0) is 22.6. The van der Waals surface area contributed by atoms with Crippen molar-refractivity contribution in [2.75, 3.05) is 13.1 Å². The second-order valence-corrected chi connectivity index (χ2v) is 10.3. The number of aryl methyl sites for hydroxylation is 2. The van der Waals surface area contributed by atoms with Gasteiger partial charge in [-0.05, 0) is 37.0 Å². The van der Waals surface area contributed by atoms with Crippen molar-refractivity contribution in [3.63, 3.8) is 0 Å². The van der Waals surface area contributed by atoms with Gasteiger partial charge < -0.3 is 4.57 Å². The SMILES string of the molecule is CC(C)CC(=O)NNC(=O)CCc1nc2cc(S(=O)(=O)N3CCCCC3)ccc2n1C. The summed E-state index contributed by atoms with van der Waals surface area (Å²) in [6, 6.07) is 4.98. The van der Waals surface area contributed by atoms with Crippen LogP contribution in [0.25, 0.3) is 11.0 Å². The number of amides is 2. The number of nitrogens with one attached hydrogen (secondary N) is 2. The van der Waals surface area contributed by atoms with E-state index in [0.29, 0.717) is 37.3 Å². The topological polar surface area (TPSA) is 113 Å². The number of hydrogen-bond acceptors (Lipinski definition) is 5. The van der Waals surface area contributed by atoms with Gasteiger partial charge in [-0.1, -0.05) is 20.3 Å². The van der Waals surface area contributed by atoms with Gasteiger partial charge in [0, 0.05) is 39.4 Å². The highest BCUT2D eigenvalue weighted by Gasteiger charge is 2.26. The normalized spacial score (nSPS) is 15.4. The number of imidazole rings is 1. The molecule has 2 heterocycles. The zero-order valence-electron chi connectivity index (χ0n) is 18.3. The van der Waals surface area contributed by atoms with Crippen LogP contribution < -0.4 is 10.9 Å². The molecule has 9 nitrogen and oxygen atoms in total. The molecule has 0 bridgehead atoms. The molecular formula is C21H31N5O4S. The summed E-state index contributed by atoms with van der Waals surface area (Å²) in [5, 5.41) is 0. The minimum absolute atomic E-state index is 0.151. The van der Waals surface area contributed by atoms with Gasteiger partial charge >= 0.3 is 0 Å². The smallest absolute Gasteiger partial charge is 0.243 e. The fourth-order valence-electron chi connectivity index (χ4n) is 3.72. The Morgan fingerprint density at radius 1 is 1.10 bits per heavy atom. The van der Waals surface area contributed by atoms with Crippen molar-refractivity contribution in [1.29, 1.82) is 0 Å². The Hall–Kier alpha value is -2.46. The summed E-state index contributed by atoms with van der Waals surface area (Å²) in [4.78, 5) is 28.5. The van der Waals surface area contributed by atoms with Crippen LogP contribution in [0, 0.1) is 5.92 Å². The Morgan fingerprint density at radius 2 is 1.77 bits per heavy atom. The molecule has 2 N–H and O–H groups in total. The van der Waals surface area contributed by atoms with Crippen LogP contribution in [-0.2, 0) is 33.1 Å². The molecule has 1 aromatic heterocycles. The number of hydrazine groups is 1. The van der Waals surface area contributed by atoms with Crippen molar-refractivity contribution in [3.05, 3.63) is 24.0 Å². The lowest BCUT2D eigenvalue weighted by Gasteiger charge is -2.25. The second kappa shape index (κ2) is 9.78. The lowest BCUT2D eigenvalue weighted by Crippen LogP contribution is -2.42. The highest BCUT2D eigenvalue weighted by atomic mass is 32.2. The van der Waals surface area contributed by atoms with Crippen LogP contribution in [0.2, 0.25) is 0 Å². The van der Waals surface area contributed by atoms with Crippen LogP contribution in [0.1, 0.15) is 51.8 Å². The lowest BCUT2D eigenvalue weighted by molar-refractivity contribution is -0.129. The standard InChI is InChI=1S/C21H31N5O4S/c1-15(2)13-21(28)24-23-20(27)10-9-19-22-17-14-16(7-8-18(17)25(19)3)31(29,30)26-11-5-4-6-12-26/h7-8,14-15H,4-6,9-13H2,1-3H3,(H,23,27)(H,24,28). The Morgan fingerprint density at radius 3 is 2.45 bits per heavy atom. The average molecular weight is 450 g/mol. The molecule has 0 saturated carbocycles. The van der Waals surface area contributed by atoms with Gasteiger partial charge in [-0.25, -0.2) is 13.4 Å². The molecule has 31 heavy (non-hydrogen) atoms. The molecule has 1 fully saturated rings. The van der Waals surface area contributed by atoms with E-state index in [1.54, 1.807) is 22.5 Å². The summed E-state index contributed by atoms with van der Waals surface area (Å²) >= 11 is 0. The molecule has 0 atom stereocenters. The number of nitrogens with zero attached hydrogens (tertiary/aromatic N) is 3. The Kier molecular flexibility index (Phi) is 7.32. The van der Waals surface area contributed by atoms with Crippen molar-refractivity contribution >= 4 is 32.9 Å². The van der Waals surface area contributed by atoms with E-state index < -0.39 is 10.0 Å². The lowest BCUT2D eigenvalue weighted by atomic mass is 10.1. The minimum Gasteiger partial charge on any atom is -0.331 e. The maximum atomic E-state index is 12.9. The van der Waals surface area contributed by atoms with Gasteiger partial charge in [0.15, 0.2) is 0 Å². The first-order valence-electron chi connectivity index (χ1n) is 10.7. The Labute approximate surface area is 183 Å². The van der Waals surface area contributed by atoms with Crippen LogP contribution in [0.15, 0.2) is 23.1 Å². The predicted molar refractivity (Wildman–Crippen MR) is 117 cm³/mol. The molecule has 10 heteroatoms. The van der Waals surface area contributed by atoms with Gasteiger partial charge in [-0.2, -0.15) is 4.31 Å². The summed E-state index contributed by atoms with van der Waals surface area (Å²) in [5.41, 5.74) is 6.21. The van der Waals surface area contributed by atoms with Gasteiger partial charge in [-0.3, -0.25) is 20.4 Å². The highest BCUT2D eigenvalue weighted by molar-refractivity contribution is 7.89. The Bertz CT molecular complexity index is 1060. The van der Waals surface area contributed by atoms with Crippen LogP contribution in [-0.4, -0.2) is 47.2 Å². The molecule has 0 unspecified atom stereocenters. The molecule has 0 spiro atoms. The largest absolute Gasteiger partial charge is 0.331 e. The first-order valence-corrected chi connectivity index (χ1v) is 12.2. The summed E-state index contributed by atoms with van der Waals surface area (Å²) in [6.07, 6.45) is 3.69. The first kappa shape index (κ1) is 23.2. The van der Waals surface area contributed by atoms with Crippen molar-refractivity contribution in [3.8, 4) is 0 Å². The van der Waals surface area contributed by atoms with E-state index in [1.165, 1.54) is 0 Å². The molecule has 1 aromatic carbocycles. The van der Waals surface area contributed by atoms with Crippen LogP contribution in [0.5, 0.6) is 0 Å². The quantitative estimate of drug-likeness (QED) is 0.627. The summed E-state index contributed by atoms with van der Waals surface area (Å²) < 4.78 is 29.3. The molecular weight excluding hydrogens is 418 g/mol. The van der Waals surface area contributed by atoms with E-state index in [-0.39, 0.29) is 29.0 Å². The van der Waals surface area contributed by atoms with Crippen LogP contribution in [0.4, 0.5) is 0 Å². The fraction of sp³-hybridized carbons (Fsp3) is 0.571. The maximum absolute atomic E-state index is 12.9. The van der Waals surface area contributed by atoms with Crippen molar-refractivity contribution in [1.82, 2.24) is 24.7 Å². The summed E-state index contributed by atoms with van der Waals surface area (Å²) in [6.45, 7) is 4.96. The predicted octanol–water partition coefficient (Wildman–Crippen LogP) is 1.87. The molecule has 1 saturated heterocycles. The molecule has 3 rings (SSSR count). The summed E-state index contributed by atoms with van der Waals surface area (Å²) in [7, 11) is -1.69. The van der Waals surface area contributed by atoms with Crippen LogP contribution >= 0.6 is 0 Å². The maximum Gasteiger partial charge on any atom is 0.243 e. The van der Waals surface area contributed by atoms with Gasteiger partial charge in [-0.15, -0.1) is 0 Å². The molecule has 2 amide bonds. The van der Waals surface area contributed by atoms with Gasteiger partial charge in [0.1, 0.15) is 5.82 Å². The number of piperidine rings is 1. The van der Waals surface area contributed by atoms with E-state index in [9.17, 15) is 18.0 Å². The first-order chi connectivity index (χ1) is 14.7. The third kappa shape index (κ3) is 5.62. The molecule has 2 aromatic rings. The van der Waals surface area contributed by atoms with Crippen LogP contribution in [0.3, 0.4) is 0 Å². The number of benzene rings is 1. The van der Waals surface area contributed by atoms with Gasteiger partial charge in [0.2, 0.25) is 21.8 Å². The van der Waals surface area contributed by atoms with Crippen molar-refractivity contribution < 1.29 is 18.0 Å². The molecule has 0 aliphatic carbocycles. The van der Waals surface area contributed by atoms with E-state index in [4.69, 9.17) is 0 Å². The van der Waals surface area contributed by atoms with E-state index in [2.05, 4.69) is 15.8 Å². The molecule has 1 aliphatic heterocycles. The van der Waals surface area contributed by atoms with Crippen molar-refractivity contribution in [2.24, 2.45) is 13.0 Å². The number of aromatic nitrogens is 2. The van der Waals surface area contributed by atoms with Gasteiger partial charge in [0.25, 0.3) is 0 Å². The van der Waals surface area contributed by atoms with Crippen molar-refractivity contribution in [2.45, 2.75) is 57.3 Å². The van der Waals surface area contributed by atoms with E-state index in [1.807, 2.05) is 25.5 Å². The van der Waals surface area contributed by atoms with E-state index in [0.717, 1.165) is 24.8 Å². The number of rotatable bonds is 7. The molecule has 1 aliphatic rings. The number of carbonyl (C=O) groups excluding carboxylic acids is 2. The molecule has 170 valence electrons. The third-order valence-electron chi connectivity index (χ3n) is 5.41. The minimum atomic E-state index is -3.53.